The molecule has 1 fully saturated rings. The minimum absolute atomic E-state index is 0.210. The Hall–Kier alpha value is -0.820. The first-order valence-electron chi connectivity index (χ1n) is 5.13. The molecule has 1 saturated heterocycles. The van der Waals surface area contributed by atoms with Crippen LogP contribution in [0.15, 0.2) is 24.3 Å². The lowest BCUT2D eigenvalue weighted by atomic mass is 9.83. The molecular weight excluding hydrogens is 172 g/mol. The van der Waals surface area contributed by atoms with Gasteiger partial charge >= 0.3 is 0 Å². The predicted octanol–water partition coefficient (Wildman–Crippen LogP) is 2.94. The molecule has 0 bridgehead atoms. The van der Waals surface area contributed by atoms with Gasteiger partial charge in [-0.25, -0.2) is 0 Å². The van der Waals surface area contributed by atoms with E-state index in [4.69, 9.17) is 4.74 Å². The van der Waals surface area contributed by atoms with Crippen molar-refractivity contribution in [3.05, 3.63) is 41.8 Å². The van der Waals surface area contributed by atoms with Gasteiger partial charge in [0.25, 0.3) is 0 Å². The number of benzene rings is 1. The Labute approximate surface area is 86.1 Å². The van der Waals surface area contributed by atoms with Gasteiger partial charge in [0, 0.05) is 6.42 Å². The highest BCUT2D eigenvalue weighted by molar-refractivity contribution is 5.39. The molecule has 0 amide bonds. The summed E-state index contributed by atoms with van der Waals surface area (Å²) < 4.78 is 5.22. The number of rotatable bonds is 2. The molecule has 0 N–H and O–H groups in total. The third-order valence-electron chi connectivity index (χ3n) is 2.49. The molecule has 1 unspecified atom stereocenters. The second kappa shape index (κ2) is 3.39. The molecule has 1 heterocycles. The van der Waals surface area contributed by atoms with Crippen LogP contribution in [0, 0.1) is 6.42 Å². The van der Waals surface area contributed by atoms with Crippen molar-refractivity contribution in [1.82, 2.24) is 0 Å². The van der Waals surface area contributed by atoms with E-state index in [0.29, 0.717) is 6.10 Å². The van der Waals surface area contributed by atoms with Crippen LogP contribution in [0.3, 0.4) is 0 Å². The Morgan fingerprint density at radius 2 is 1.93 bits per heavy atom. The lowest BCUT2D eigenvalue weighted by Gasteiger charge is -2.22. The van der Waals surface area contributed by atoms with Gasteiger partial charge in [0.05, 0.1) is 12.7 Å². The van der Waals surface area contributed by atoms with Gasteiger partial charge in [-0.3, -0.25) is 0 Å². The molecular formula is C13H17O. The smallest absolute Gasteiger partial charge is 0.0885 e. The van der Waals surface area contributed by atoms with E-state index in [1.807, 2.05) is 0 Å². The summed E-state index contributed by atoms with van der Waals surface area (Å²) >= 11 is 0. The molecule has 1 aliphatic heterocycles. The third-order valence-corrected chi connectivity index (χ3v) is 2.49. The van der Waals surface area contributed by atoms with Crippen molar-refractivity contribution in [2.24, 2.45) is 0 Å². The summed E-state index contributed by atoms with van der Waals surface area (Å²) in [4.78, 5) is 0. The van der Waals surface area contributed by atoms with Crippen LogP contribution in [0.4, 0.5) is 0 Å². The molecule has 1 atom stereocenters. The SMILES string of the molecule is CC(C)(C)c1ccccc1[CH]C1CO1. The topological polar surface area (TPSA) is 12.5 Å². The second-order valence-electron chi connectivity index (χ2n) is 4.88. The van der Waals surface area contributed by atoms with Crippen LogP contribution in [-0.4, -0.2) is 12.7 Å². The van der Waals surface area contributed by atoms with Crippen molar-refractivity contribution < 1.29 is 4.74 Å². The van der Waals surface area contributed by atoms with Gasteiger partial charge in [0.2, 0.25) is 0 Å². The van der Waals surface area contributed by atoms with Crippen LogP contribution in [-0.2, 0) is 10.2 Å². The zero-order valence-electron chi connectivity index (χ0n) is 9.08. The first-order valence-corrected chi connectivity index (χ1v) is 5.13. The molecule has 0 aliphatic carbocycles. The summed E-state index contributed by atoms with van der Waals surface area (Å²) in [6, 6.07) is 8.56. The first kappa shape index (κ1) is 9.72. The van der Waals surface area contributed by atoms with E-state index in [1.165, 1.54) is 11.1 Å². The Bertz CT molecular complexity index is 318. The maximum absolute atomic E-state index is 5.22. The van der Waals surface area contributed by atoms with Crippen molar-refractivity contribution >= 4 is 0 Å². The Balaban J connectivity index is 2.27. The molecule has 1 radical (unpaired) electrons. The molecule has 2 rings (SSSR count). The average molecular weight is 189 g/mol. The van der Waals surface area contributed by atoms with E-state index in [1.54, 1.807) is 0 Å². The summed E-state index contributed by atoms with van der Waals surface area (Å²) in [5.74, 6) is 0. The Kier molecular flexibility index (Phi) is 2.36. The van der Waals surface area contributed by atoms with Crippen LogP contribution in [0.5, 0.6) is 0 Å². The minimum atomic E-state index is 0.210. The molecule has 0 aromatic heterocycles. The maximum Gasteiger partial charge on any atom is 0.0885 e. The highest BCUT2D eigenvalue weighted by Gasteiger charge is 2.26. The number of hydrogen-bond donors (Lipinski definition) is 0. The summed E-state index contributed by atoms with van der Waals surface area (Å²) in [5.41, 5.74) is 2.93. The zero-order chi connectivity index (χ0) is 10.2. The van der Waals surface area contributed by atoms with Gasteiger partial charge < -0.3 is 4.74 Å². The van der Waals surface area contributed by atoms with E-state index in [-0.39, 0.29) is 5.41 Å². The van der Waals surface area contributed by atoms with Crippen LogP contribution in [0.1, 0.15) is 31.9 Å². The van der Waals surface area contributed by atoms with E-state index in [0.717, 1.165) is 6.61 Å². The van der Waals surface area contributed by atoms with Crippen LogP contribution in [0.25, 0.3) is 0 Å². The number of hydrogen-bond acceptors (Lipinski definition) is 1. The van der Waals surface area contributed by atoms with E-state index < -0.39 is 0 Å². The Morgan fingerprint density at radius 1 is 1.29 bits per heavy atom. The highest BCUT2D eigenvalue weighted by atomic mass is 16.6. The fourth-order valence-corrected chi connectivity index (χ4v) is 1.68. The van der Waals surface area contributed by atoms with Gasteiger partial charge in [-0.2, -0.15) is 0 Å². The van der Waals surface area contributed by atoms with Gasteiger partial charge in [-0.1, -0.05) is 45.0 Å². The van der Waals surface area contributed by atoms with Gasteiger partial charge in [0.15, 0.2) is 0 Å². The van der Waals surface area contributed by atoms with Gasteiger partial charge in [0.1, 0.15) is 0 Å². The molecule has 0 saturated carbocycles. The fourth-order valence-electron chi connectivity index (χ4n) is 1.68. The van der Waals surface area contributed by atoms with Crippen molar-refractivity contribution in [3.8, 4) is 0 Å². The zero-order valence-corrected chi connectivity index (χ0v) is 9.08. The normalized spacial score (nSPS) is 20.9. The lowest BCUT2D eigenvalue weighted by molar-refractivity contribution is 0.431. The lowest BCUT2D eigenvalue weighted by Crippen LogP contribution is -2.14. The molecule has 1 nitrogen and oxygen atoms in total. The van der Waals surface area contributed by atoms with Crippen molar-refractivity contribution in [3.63, 3.8) is 0 Å². The van der Waals surface area contributed by atoms with E-state index in [2.05, 4.69) is 51.5 Å². The van der Waals surface area contributed by atoms with Crippen LogP contribution in [0.2, 0.25) is 0 Å². The van der Waals surface area contributed by atoms with Crippen LogP contribution >= 0.6 is 0 Å². The predicted molar refractivity (Wildman–Crippen MR) is 58.3 cm³/mol. The van der Waals surface area contributed by atoms with Gasteiger partial charge in [-0.15, -0.1) is 0 Å². The summed E-state index contributed by atoms with van der Waals surface area (Å²) in [6.07, 6.45) is 2.58. The van der Waals surface area contributed by atoms with Crippen molar-refractivity contribution in [2.75, 3.05) is 6.61 Å². The molecule has 14 heavy (non-hydrogen) atoms. The molecule has 0 spiro atoms. The largest absolute Gasteiger partial charge is 0.372 e. The monoisotopic (exact) mass is 189 g/mol. The number of epoxide rings is 1. The average Bonchev–Trinajstić information content (AvgIpc) is 2.87. The standard InChI is InChI=1S/C13H17O/c1-13(2,3)12-7-5-4-6-10(12)8-11-9-14-11/h4-8,11H,9H2,1-3H3. The fraction of sp³-hybridized carbons (Fsp3) is 0.462. The molecule has 1 aliphatic rings. The minimum Gasteiger partial charge on any atom is -0.372 e. The summed E-state index contributed by atoms with van der Waals surface area (Å²) in [7, 11) is 0. The Morgan fingerprint density at radius 3 is 2.50 bits per heavy atom. The van der Waals surface area contributed by atoms with E-state index >= 15 is 0 Å². The van der Waals surface area contributed by atoms with E-state index in [9.17, 15) is 0 Å². The third kappa shape index (κ3) is 2.16. The van der Waals surface area contributed by atoms with Gasteiger partial charge in [-0.05, 0) is 16.5 Å². The molecule has 75 valence electrons. The van der Waals surface area contributed by atoms with Crippen LogP contribution < -0.4 is 0 Å². The summed E-state index contributed by atoms with van der Waals surface area (Å²) in [6.45, 7) is 7.62. The molecule has 1 heteroatoms. The first-order chi connectivity index (χ1) is 6.57. The van der Waals surface area contributed by atoms with Crippen molar-refractivity contribution in [1.29, 1.82) is 0 Å². The second-order valence-corrected chi connectivity index (χ2v) is 4.88. The van der Waals surface area contributed by atoms with Crippen molar-refractivity contribution in [2.45, 2.75) is 32.3 Å². The quantitative estimate of drug-likeness (QED) is 0.652. The highest BCUT2D eigenvalue weighted by Crippen LogP contribution is 2.29. The summed E-state index contributed by atoms with van der Waals surface area (Å²) in [5, 5.41) is 0. The number of ether oxygens (including phenoxy) is 1. The molecule has 1 aromatic carbocycles. The molecule has 1 aromatic rings. The maximum atomic E-state index is 5.22.